The van der Waals surface area contributed by atoms with Crippen LogP contribution in [0, 0.1) is 6.92 Å². The van der Waals surface area contributed by atoms with E-state index in [4.69, 9.17) is 10.5 Å². The minimum atomic E-state index is -3.47. The first-order chi connectivity index (χ1) is 8.03. The number of thiophene rings is 1. The minimum Gasteiger partial charge on any atom is -0.380 e. The molecule has 0 aliphatic carbocycles. The fourth-order valence-electron chi connectivity index (χ4n) is 1.45. The lowest BCUT2D eigenvalue weighted by molar-refractivity contribution is 0.153. The summed E-state index contributed by atoms with van der Waals surface area (Å²) in [6.45, 7) is 5.09. The predicted molar refractivity (Wildman–Crippen MR) is 68.6 cm³/mol. The molecule has 3 N–H and O–H groups in total. The summed E-state index contributed by atoms with van der Waals surface area (Å²) in [6.07, 6.45) is 0. The lowest BCUT2D eigenvalue weighted by atomic mass is 10.3. The van der Waals surface area contributed by atoms with E-state index in [-0.39, 0.29) is 13.1 Å². The molecular formula is C10H18N2O3S2. The van der Waals surface area contributed by atoms with Gasteiger partial charge in [0.2, 0.25) is 10.0 Å². The molecule has 0 bridgehead atoms. The molecule has 0 amide bonds. The van der Waals surface area contributed by atoms with Crippen molar-refractivity contribution in [3.05, 3.63) is 15.8 Å². The number of sulfonamides is 1. The third-order valence-electron chi connectivity index (χ3n) is 2.19. The molecule has 0 unspecified atom stereocenters. The lowest BCUT2D eigenvalue weighted by Crippen LogP contribution is -2.28. The summed E-state index contributed by atoms with van der Waals surface area (Å²) in [4.78, 5) is 1.01. The van der Waals surface area contributed by atoms with Crippen LogP contribution >= 0.6 is 11.3 Å². The van der Waals surface area contributed by atoms with Gasteiger partial charge in [-0.3, -0.25) is 0 Å². The molecule has 0 radical (unpaired) electrons. The van der Waals surface area contributed by atoms with Crippen molar-refractivity contribution in [2.45, 2.75) is 25.3 Å². The predicted octanol–water partition coefficient (Wildman–Crippen LogP) is 0.830. The molecule has 0 aliphatic heterocycles. The Kier molecular flexibility index (Phi) is 5.54. The highest BCUT2D eigenvalue weighted by Gasteiger charge is 2.21. The molecule has 17 heavy (non-hydrogen) atoms. The van der Waals surface area contributed by atoms with Crippen molar-refractivity contribution in [2.24, 2.45) is 5.73 Å². The number of nitrogens with one attached hydrogen (secondary N) is 1. The number of rotatable bonds is 7. The van der Waals surface area contributed by atoms with E-state index in [0.717, 1.165) is 5.56 Å². The fraction of sp³-hybridized carbons (Fsp3) is 0.600. The van der Waals surface area contributed by atoms with E-state index in [2.05, 4.69) is 4.72 Å². The number of ether oxygens (including phenoxy) is 1. The number of nitrogens with two attached hydrogens (primary N) is 1. The number of aryl methyl sites for hydroxylation is 1. The summed E-state index contributed by atoms with van der Waals surface area (Å²) in [5, 5.41) is 1.80. The minimum absolute atomic E-state index is 0.236. The second kappa shape index (κ2) is 6.46. The van der Waals surface area contributed by atoms with Gasteiger partial charge in [0.1, 0.15) is 4.90 Å². The van der Waals surface area contributed by atoms with E-state index in [1.807, 2.05) is 6.92 Å². The van der Waals surface area contributed by atoms with Gasteiger partial charge in [0.15, 0.2) is 0 Å². The maximum atomic E-state index is 12.0. The fourth-order valence-corrected chi connectivity index (χ4v) is 4.17. The summed E-state index contributed by atoms with van der Waals surface area (Å²) in [6, 6.07) is 0. The van der Waals surface area contributed by atoms with Crippen LogP contribution in [-0.2, 0) is 21.3 Å². The quantitative estimate of drug-likeness (QED) is 0.724. The Balaban J connectivity index is 2.78. The highest BCUT2D eigenvalue weighted by molar-refractivity contribution is 7.89. The number of hydrogen-bond donors (Lipinski definition) is 2. The van der Waals surface area contributed by atoms with Crippen LogP contribution in [0.15, 0.2) is 10.3 Å². The van der Waals surface area contributed by atoms with E-state index in [9.17, 15) is 8.42 Å². The highest BCUT2D eigenvalue weighted by Crippen LogP contribution is 2.25. The van der Waals surface area contributed by atoms with Gasteiger partial charge in [-0.15, -0.1) is 11.3 Å². The van der Waals surface area contributed by atoms with Gasteiger partial charge in [0.05, 0.1) is 6.61 Å². The molecule has 0 aliphatic rings. The van der Waals surface area contributed by atoms with Crippen LogP contribution in [-0.4, -0.2) is 28.2 Å². The number of hydrogen-bond acceptors (Lipinski definition) is 5. The van der Waals surface area contributed by atoms with Gasteiger partial charge < -0.3 is 10.5 Å². The summed E-state index contributed by atoms with van der Waals surface area (Å²) in [5.74, 6) is 0. The third-order valence-corrected chi connectivity index (χ3v) is 5.13. The van der Waals surface area contributed by atoms with E-state index >= 15 is 0 Å². The Morgan fingerprint density at radius 2 is 2.24 bits per heavy atom. The van der Waals surface area contributed by atoms with E-state index in [1.54, 1.807) is 12.3 Å². The van der Waals surface area contributed by atoms with Gasteiger partial charge in [-0.1, -0.05) is 0 Å². The van der Waals surface area contributed by atoms with Crippen LogP contribution in [0.25, 0.3) is 0 Å². The first-order valence-electron chi connectivity index (χ1n) is 5.37. The largest absolute Gasteiger partial charge is 0.380 e. The molecule has 1 aromatic heterocycles. The molecule has 0 aromatic carbocycles. The Hall–Kier alpha value is -0.470. The van der Waals surface area contributed by atoms with E-state index in [0.29, 0.717) is 23.0 Å². The van der Waals surface area contributed by atoms with Crippen LogP contribution in [0.1, 0.15) is 17.4 Å². The van der Waals surface area contributed by atoms with Crippen LogP contribution in [0.3, 0.4) is 0 Å². The van der Waals surface area contributed by atoms with Crippen molar-refractivity contribution in [2.75, 3.05) is 19.8 Å². The van der Waals surface area contributed by atoms with Crippen LogP contribution in [0.5, 0.6) is 0 Å². The summed E-state index contributed by atoms with van der Waals surface area (Å²) >= 11 is 1.37. The van der Waals surface area contributed by atoms with Gasteiger partial charge in [-0.05, 0) is 24.8 Å². The first-order valence-corrected chi connectivity index (χ1v) is 7.73. The summed E-state index contributed by atoms with van der Waals surface area (Å²) < 4.78 is 31.7. The topological polar surface area (TPSA) is 81.4 Å². The average Bonchev–Trinajstić information content (AvgIpc) is 2.66. The summed E-state index contributed by atoms with van der Waals surface area (Å²) in [5.41, 5.74) is 6.27. The zero-order chi connectivity index (χ0) is 12.9. The van der Waals surface area contributed by atoms with Crippen LogP contribution in [0.2, 0.25) is 0 Å². The average molecular weight is 278 g/mol. The van der Waals surface area contributed by atoms with Gasteiger partial charge in [-0.25, -0.2) is 13.1 Å². The standard InChI is InChI=1S/C10H18N2O3S2/c1-3-15-5-4-12-17(13,14)10-8(2)7-16-9(10)6-11/h7,12H,3-6,11H2,1-2H3. The van der Waals surface area contributed by atoms with Gasteiger partial charge in [-0.2, -0.15) is 0 Å². The SMILES string of the molecule is CCOCCNS(=O)(=O)c1c(C)csc1CN. The normalized spacial score (nSPS) is 11.9. The Bertz CT molecular complexity index is 454. The van der Waals surface area contributed by atoms with Crippen LogP contribution < -0.4 is 10.5 Å². The molecule has 0 fully saturated rings. The highest BCUT2D eigenvalue weighted by atomic mass is 32.2. The maximum absolute atomic E-state index is 12.0. The molecule has 1 heterocycles. The van der Waals surface area contributed by atoms with Crippen molar-refractivity contribution >= 4 is 21.4 Å². The second-order valence-electron chi connectivity index (χ2n) is 3.47. The van der Waals surface area contributed by atoms with Gasteiger partial charge >= 0.3 is 0 Å². The van der Waals surface area contributed by atoms with E-state index in [1.165, 1.54) is 11.3 Å². The molecule has 5 nitrogen and oxygen atoms in total. The molecule has 1 rings (SSSR count). The molecule has 0 saturated heterocycles. The zero-order valence-corrected chi connectivity index (χ0v) is 11.7. The lowest BCUT2D eigenvalue weighted by Gasteiger charge is -2.08. The molecule has 0 spiro atoms. The van der Waals surface area contributed by atoms with E-state index < -0.39 is 10.0 Å². The third kappa shape index (κ3) is 3.75. The van der Waals surface area contributed by atoms with Gasteiger partial charge in [0, 0.05) is 24.6 Å². The second-order valence-corrected chi connectivity index (χ2v) is 6.14. The maximum Gasteiger partial charge on any atom is 0.242 e. The monoisotopic (exact) mass is 278 g/mol. The molecule has 0 atom stereocenters. The summed E-state index contributed by atoms with van der Waals surface area (Å²) in [7, 11) is -3.47. The molecule has 98 valence electrons. The molecule has 7 heteroatoms. The van der Waals surface area contributed by atoms with Crippen LogP contribution in [0.4, 0.5) is 0 Å². The van der Waals surface area contributed by atoms with Crippen molar-refractivity contribution in [1.29, 1.82) is 0 Å². The molecular weight excluding hydrogens is 260 g/mol. The Morgan fingerprint density at radius 3 is 2.82 bits per heavy atom. The van der Waals surface area contributed by atoms with Crippen molar-refractivity contribution in [1.82, 2.24) is 4.72 Å². The van der Waals surface area contributed by atoms with Crippen molar-refractivity contribution in [3.63, 3.8) is 0 Å². The first kappa shape index (κ1) is 14.6. The van der Waals surface area contributed by atoms with Crippen molar-refractivity contribution < 1.29 is 13.2 Å². The van der Waals surface area contributed by atoms with Crippen molar-refractivity contribution in [3.8, 4) is 0 Å². The smallest absolute Gasteiger partial charge is 0.242 e. The Labute approximate surface area is 106 Å². The van der Waals surface area contributed by atoms with Gasteiger partial charge in [0.25, 0.3) is 0 Å². The molecule has 1 aromatic rings. The molecule has 0 saturated carbocycles. The zero-order valence-electron chi connectivity index (χ0n) is 10.0. The Morgan fingerprint density at radius 1 is 1.53 bits per heavy atom.